The Balaban J connectivity index is 2.06. The molecule has 0 spiro atoms. The number of allylic oxidation sites excluding steroid dienone is 1. The molecular formula is C20H19N5O. The summed E-state index contributed by atoms with van der Waals surface area (Å²) in [5.74, 6) is 0.166. The quantitative estimate of drug-likeness (QED) is 0.703. The normalized spacial score (nSPS) is 16.9. The molecule has 1 aliphatic rings. The third-order valence-corrected chi connectivity index (χ3v) is 4.68. The molecule has 26 heavy (non-hydrogen) atoms. The second-order valence-electron chi connectivity index (χ2n) is 7.41. The van der Waals surface area contributed by atoms with Crippen molar-refractivity contribution in [3.8, 4) is 11.9 Å². The van der Waals surface area contributed by atoms with Crippen LogP contribution < -0.4 is 10.5 Å². The second-order valence-corrected chi connectivity index (χ2v) is 7.41. The van der Waals surface area contributed by atoms with Crippen LogP contribution in [0.1, 0.15) is 43.5 Å². The van der Waals surface area contributed by atoms with Crippen LogP contribution in [0.2, 0.25) is 0 Å². The Bertz CT molecular complexity index is 1080. The van der Waals surface area contributed by atoms with E-state index >= 15 is 0 Å². The highest BCUT2D eigenvalue weighted by molar-refractivity contribution is 5.84. The highest BCUT2D eigenvalue weighted by Crippen LogP contribution is 2.46. The van der Waals surface area contributed by atoms with Crippen molar-refractivity contribution in [2.45, 2.75) is 32.1 Å². The zero-order valence-corrected chi connectivity index (χ0v) is 14.9. The number of nitrogens with two attached hydrogens (primary N) is 1. The van der Waals surface area contributed by atoms with Crippen LogP contribution in [0.3, 0.4) is 0 Å². The van der Waals surface area contributed by atoms with E-state index in [0.717, 1.165) is 27.7 Å². The minimum Gasteiger partial charge on any atom is -0.420 e. The highest BCUT2D eigenvalue weighted by Gasteiger charge is 2.38. The van der Waals surface area contributed by atoms with Gasteiger partial charge in [-0.05, 0) is 17.7 Å². The summed E-state index contributed by atoms with van der Waals surface area (Å²) in [4.78, 5) is 4.44. The van der Waals surface area contributed by atoms with Crippen LogP contribution >= 0.6 is 0 Å². The maximum Gasteiger partial charge on any atom is 0.244 e. The molecule has 3 N–H and O–H groups in total. The molecule has 1 unspecified atom stereocenters. The largest absolute Gasteiger partial charge is 0.420 e. The van der Waals surface area contributed by atoms with Gasteiger partial charge < -0.3 is 10.5 Å². The first-order valence-corrected chi connectivity index (χ1v) is 8.41. The number of aromatic amines is 1. The second kappa shape index (κ2) is 5.60. The van der Waals surface area contributed by atoms with Crippen LogP contribution in [0.5, 0.6) is 5.88 Å². The van der Waals surface area contributed by atoms with Crippen LogP contribution in [-0.2, 0) is 5.41 Å². The van der Waals surface area contributed by atoms with Gasteiger partial charge in [0, 0.05) is 22.7 Å². The lowest BCUT2D eigenvalue weighted by molar-refractivity contribution is 0.378. The number of ether oxygens (including phenoxy) is 1. The molecule has 0 bridgehead atoms. The van der Waals surface area contributed by atoms with E-state index in [-0.39, 0.29) is 17.2 Å². The molecule has 2 aromatic heterocycles. The van der Waals surface area contributed by atoms with E-state index in [4.69, 9.17) is 10.5 Å². The average molecular weight is 345 g/mol. The van der Waals surface area contributed by atoms with Crippen molar-refractivity contribution in [1.82, 2.24) is 15.2 Å². The van der Waals surface area contributed by atoms with Gasteiger partial charge in [0.05, 0.1) is 17.0 Å². The van der Waals surface area contributed by atoms with Crippen molar-refractivity contribution in [3.63, 3.8) is 0 Å². The molecule has 0 saturated carbocycles. The summed E-state index contributed by atoms with van der Waals surface area (Å²) in [5.41, 5.74) is 9.88. The van der Waals surface area contributed by atoms with Crippen molar-refractivity contribution in [1.29, 1.82) is 5.26 Å². The van der Waals surface area contributed by atoms with E-state index < -0.39 is 0 Å². The summed E-state index contributed by atoms with van der Waals surface area (Å²) in [6.45, 7) is 6.28. The molecule has 6 heteroatoms. The Labute approximate surface area is 151 Å². The summed E-state index contributed by atoms with van der Waals surface area (Å²) in [7, 11) is 0. The molecule has 1 aliphatic heterocycles. The van der Waals surface area contributed by atoms with Crippen molar-refractivity contribution in [3.05, 3.63) is 64.8 Å². The number of H-pyrrole nitrogens is 1. The molecule has 0 amide bonds. The van der Waals surface area contributed by atoms with Gasteiger partial charge in [0.2, 0.25) is 11.8 Å². The number of pyridine rings is 1. The lowest BCUT2D eigenvalue weighted by Crippen LogP contribution is -2.24. The molecule has 0 fully saturated rings. The van der Waals surface area contributed by atoms with E-state index in [1.807, 2.05) is 30.3 Å². The maximum atomic E-state index is 9.81. The van der Waals surface area contributed by atoms with Gasteiger partial charge in [0.15, 0.2) is 0 Å². The fourth-order valence-corrected chi connectivity index (χ4v) is 3.50. The van der Waals surface area contributed by atoms with E-state index in [0.29, 0.717) is 11.5 Å². The number of hydrogen-bond acceptors (Lipinski definition) is 5. The summed E-state index contributed by atoms with van der Waals surface area (Å²) in [6, 6.07) is 12.1. The smallest absolute Gasteiger partial charge is 0.244 e. The lowest BCUT2D eigenvalue weighted by Gasteiger charge is -2.28. The van der Waals surface area contributed by atoms with E-state index in [2.05, 4.69) is 42.0 Å². The SMILES string of the molecule is CC(C)(C)c1[nH]nc2c1C(c1ccnc3ccccc13)C(C#N)=C(N)O2. The summed E-state index contributed by atoms with van der Waals surface area (Å²) < 4.78 is 5.65. The Hall–Kier alpha value is -3.33. The van der Waals surface area contributed by atoms with Crippen molar-refractivity contribution < 1.29 is 4.74 Å². The van der Waals surface area contributed by atoms with Crippen molar-refractivity contribution in [2.75, 3.05) is 0 Å². The summed E-state index contributed by atoms with van der Waals surface area (Å²) >= 11 is 0. The zero-order chi connectivity index (χ0) is 18.5. The summed E-state index contributed by atoms with van der Waals surface area (Å²) in [5, 5.41) is 18.2. The van der Waals surface area contributed by atoms with Gasteiger partial charge in [-0.25, -0.2) is 0 Å². The van der Waals surface area contributed by atoms with Crippen LogP contribution in [-0.4, -0.2) is 15.2 Å². The molecule has 0 saturated heterocycles. The first-order chi connectivity index (χ1) is 12.4. The first-order valence-electron chi connectivity index (χ1n) is 8.41. The number of nitrogens with one attached hydrogen (secondary N) is 1. The molecule has 0 aliphatic carbocycles. The van der Waals surface area contributed by atoms with Crippen LogP contribution in [0.25, 0.3) is 10.9 Å². The average Bonchev–Trinajstić information content (AvgIpc) is 3.03. The number of nitriles is 1. The lowest BCUT2D eigenvalue weighted by atomic mass is 9.78. The van der Waals surface area contributed by atoms with Crippen molar-refractivity contribution in [2.24, 2.45) is 5.73 Å². The maximum absolute atomic E-state index is 9.81. The fraction of sp³-hybridized carbons (Fsp3) is 0.250. The van der Waals surface area contributed by atoms with Gasteiger partial charge in [-0.3, -0.25) is 10.1 Å². The number of para-hydroxylation sites is 1. The van der Waals surface area contributed by atoms with E-state index in [1.54, 1.807) is 6.20 Å². The Morgan fingerprint density at radius 2 is 2.00 bits per heavy atom. The van der Waals surface area contributed by atoms with Gasteiger partial charge in [0.1, 0.15) is 11.6 Å². The molecule has 4 rings (SSSR count). The predicted octanol–water partition coefficient (Wildman–Crippen LogP) is 3.47. The number of benzene rings is 1. The topological polar surface area (TPSA) is 101 Å². The van der Waals surface area contributed by atoms with Crippen LogP contribution in [0.4, 0.5) is 0 Å². The third-order valence-electron chi connectivity index (χ3n) is 4.68. The standard InChI is InChI=1S/C20H19N5O/c1-20(2,3)17-16-15(13(10-21)18(22)26-19(16)25-24-17)12-8-9-23-14-7-5-4-6-11(12)14/h4-9,15H,22H2,1-3H3,(H,24,25). The predicted molar refractivity (Wildman–Crippen MR) is 98.3 cm³/mol. The molecule has 3 aromatic rings. The fourth-order valence-electron chi connectivity index (χ4n) is 3.50. The first kappa shape index (κ1) is 16.2. The molecule has 3 heterocycles. The number of rotatable bonds is 1. The molecule has 6 nitrogen and oxygen atoms in total. The van der Waals surface area contributed by atoms with Crippen molar-refractivity contribution >= 4 is 10.9 Å². The highest BCUT2D eigenvalue weighted by atomic mass is 16.5. The number of hydrogen-bond donors (Lipinski definition) is 2. The van der Waals surface area contributed by atoms with E-state index in [1.165, 1.54) is 0 Å². The Kier molecular flexibility index (Phi) is 3.48. The Morgan fingerprint density at radius 1 is 1.23 bits per heavy atom. The third kappa shape index (κ3) is 2.32. The minimum atomic E-state index is -0.357. The van der Waals surface area contributed by atoms with Gasteiger partial charge in [-0.15, -0.1) is 5.10 Å². The molecule has 130 valence electrons. The van der Waals surface area contributed by atoms with Crippen LogP contribution in [0.15, 0.2) is 48.0 Å². The van der Waals surface area contributed by atoms with Gasteiger partial charge >= 0.3 is 0 Å². The number of nitrogens with zero attached hydrogens (tertiary/aromatic N) is 3. The summed E-state index contributed by atoms with van der Waals surface area (Å²) in [6.07, 6.45) is 1.76. The molecular weight excluding hydrogens is 326 g/mol. The van der Waals surface area contributed by atoms with Gasteiger partial charge in [-0.2, -0.15) is 5.26 Å². The number of aromatic nitrogens is 3. The minimum absolute atomic E-state index is 0.0952. The molecule has 0 radical (unpaired) electrons. The van der Waals surface area contributed by atoms with E-state index in [9.17, 15) is 5.26 Å². The van der Waals surface area contributed by atoms with Gasteiger partial charge in [0.25, 0.3) is 0 Å². The van der Waals surface area contributed by atoms with Crippen LogP contribution in [0, 0.1) is 11.3 Å². The monoisotopic (exact) mass is 345 g/mol. The van der Waals surface area contributed by atoms with Gasteiger partial charge in [-0.1, -0.05) is 39.0 Å². The molecule has 1 aromatic carbocycles. The zero-order valence-electron chi connectivity index (χ0n) is 14.9. The molecule has 1 atom stereocenters. The Morgan fingerprint density at radius 3 is 2.73 bits per heavy atom. The number of fused-ring (bicyclic) bond motifs is 2.